The maximum absolute atomic E-state index is 12.0. The lowest BCUT2D eigenvalue weighted by molar-refractivity contribution is 0.500. The van der Waals surface area contributed by atoms with Gasteiger partial charge in [-0.25, -0.2) is 4.68 Å². The Balaban J connectivity index is 2.09. The first-order chi connectivity index (χ1) is 8.59. The summed E-state index contributed by atoms with van der Waals surface area (Å²) in [7, 11) is 0. The first-order valence-electron chi connectivity index (χ1n) is 6.31. The third-order valence-corrected chi connectivity index (χ3v) is 3.94. The Hall–Kier alpha value is -0.880. The molecule has 0 radical (unpaired) electrons. The molecule has 2 rings (SSSR count). The largest absolute Gasteiger partial charge is 0.382 e. The lowest BCUT2D eigenvalue weighted by Crippen LogP contribution is -2.27. The summed E-state index contributed by atoms with van der Waals surface area (Å²) in [5.74, 6) is 0.629. The maximum atomic E-state index is 12.0. The van der Waals surface area contributed by atoms with Crippen LogP contribution in [0.4, 0.5) is 5.69 Å². The summed E-state index contributed by atoms with van der Waals surface area (Å²) in [5.41, 5.74) is 0.698. The number of nitrogens with one attached hydrogen (secondary N) is 2. The molecule has 1 saturated heterocycles. The Morgan fingerprint density at radius 1 is 1.67 bits per heavy atom. The fraction of sp³-hybridized carbons (Fsp3) is 0.667. The standard InChI is InChI=1S/C12H19BrN4O/c1-8(2)17-12(18)11(13)10(7-16-17)15-6-9-3-4-14-5-9/h7-9,14-15H,3-6H2,1-2H3. The molecule has 0 bridgehead atoms. The van der Waals surface area contributed by atoms with Crippen molar-refractivity contribution in [3.8, 4) is 0 Å². The van der Waals surface area contributed by atoms with Crippen molar-refractivity contribution in [3.63, 3.8) is 0 Å². The monoisotopic (exact) mass is 314 g/mol. The number of nitrogens with zero attached hydrogens (tertiary/aromatic N) is 2. The minimum atomic E-state index is -0.0838. The third-order valence-electron chi connectivity index (χ3n) is 3.18. The number of hydrogen-bond donors (Lipinski definition) is 2. The quantitative estimate of drug-likeness (QED) is 0.886. The Labute approximate surface area is 115 Å². The SMILES string of the molecule is CC(C)n1ncc(NCC2CCNC2)c(Br)c1=O. The van der Waals surface area contributed by atoms with Gasteiger partial charge in [0.15, 0.2) is 0 Å². The molecule has 1 aliphatic rings. The highest BCUT2D eigenvalue weighted by Gasteiger charge is 2.16. The first kappa shape index (κ1) is 13.5. The molecule has 0 amide bonds. The molecule has 2 N–H and O–H groups in total. The van der Waals surface area contributed by atoms with E-state index in [0.29, 0.717) is 10.4 Å². The fourth-order valence-electron chi connectivity index (χ4n) is 2.08. The summed E-state index contributed by atoms with van der Waals surface area (Å²) in [6.45, 7) is 6.89. The Morgan fingerprint density at radius 3 is 3.06 bits per heavy atom. The normalized spacial score (nSPS) is 19.4. The lowest BCUT2D eigenvalue weighted by Gasteiger charge is -2.14. The maximum Gasteiger partial charge on any atom is 0.283 e. The second-order valence-electron chi connectivity index (χ2n) is 4.96. The van der Waals surface area contributed by atoms with Crippen LogP contribution >= 0.6 is 15.9 Å². The molecule has 0 saturated carbocycles. The molecular weight excluding hydrogens is 296 g/mol. The lowest BCUT2D eigenvalue weighted by atomic mass is 10.1. The van der Waals surface area contributed by atoms with E-state index in [4.69, 9.17) is 0 Å². The van der Waals surface area contributed by atoms with Crippen LogP contribution in [-0.2, 0) is 0 Å². The van der Waals surface area contributed by atoms with Crippen molar-refractivity contribution in [3.05, 3.63) is 21.0 Å². The van der Waals surface area contributed by atoms with E-state index in [2.05, 4.69) is 31.7 Å². The van der Waals surface area contributed by atoms with E-state index in [1.165, 1.54) is 11.1 Å². The smallest absolute Gasteiger partial charge is 0.283 e. The topological polar surface area (TPSA) is 59.0 Å². The van der Waals surface area contributed by atoms with Crippen molar-refractivity contribution in [2.75, 3.05) is 25.0 Å². The van der Waals surface area contributed by atoms with Crippen molar-refractivity contribution >= 4 is 21.6 Å². The van der Waals surface area contributed by atoms with Gasteiger partial charge in [0.05, 0.1) is 17.9 Å². The van der Waals surface area contributed by atoms with Crippen molar-refractivity contribution < 1.29 is 0 Å². The van der Waals surface area contributed by atoms with E-state index in [9.17, 15) is 4.79 Å². The number of aromatic nitrogens is 2. The van der Waals surface area contributed by atoms with Gasteiger partial charge in [-0.2, -0.15) is 5.10 Å². The number of halogens is 1. The molecule has 18 heavy (non-hydrogen) atoms. The third kappa shape index (κ3) is 2.92. The summed E-state index contributed by atoms with van der Waals surface area (Å²) < 4.78 is 2.05. The van der Waals surface area contributed by atoms with Crippen molar-refractivity contribution in [2.24, 2.45) is 5.92 Å². The minimum absolute atomic E-state index is 0.0712. The Kier molecular flexibility index (Phi) is 4.40. The van der Waals surface area contributed by atoms with E-state index in [-0.39, 0.29) is 11.6 Å². The van der Waals surface area contributed by atoms with Crippen molar-refractivity contribution in [1.29, 1.82) is 0 Å². The zero-order valence-corrected chi connectivity index (χ0v) is 12.3. The summed E-state index contributed by atoms with van der Waals surface area (Å²) in [5, 5.41) is 10.8. The van der Waals surface area contributed by atoms with Gasteiger partial charge in [0, 0.05) is 6.54 Å². The van der Waals surface area contributed by atoms with Crippen LogP contribution in [0.3, 0.4) is 0 Å². The van der Waals surface area contributed by atoms with Crippen LogP contribution < -0.4 is 16.2 Å². The number of hydrogen-bond acceptors (Lipinski definition) is 4. The number of rotatable bonds is 4. The summed E-state index contributed by atoms with van der Waals surface area (Å²) in [4.78, 5) is 12.0. The van der Waals surface area contributed by atoms with Gasteiger partial charge in [-0.1, -0.05) is 0 Å². The van der Waals surface area contributed by atoms with Crippen molar-refractivity contribution in [1.82, 2.24) is 15.1 Å². The van der Waals surface area contributed by atoms with E-state index in [0.717, 1.165) is 25.3 Å². The predicted molar refractivity (Wildman–Crippen MR) is 76.0 cm³/mol. The first-order valence-corrected chi connectivity index (χ1v) is 7.10. The molecule has 0 aromatic carbocycles. The molecule has 1 aromatic heterocycles. The molecule has 1 aliphatic heterocycles. The van der Waals surface area contributed by atoms with Gasteiger partial charge in [0.2, 0.25) is 0 Å². The Bertz CT molecular complexity index is 466. The molecule has 1 atom stereocenters. The summed E-state index contributed by atoms with van der Waals surface area (Å²) >= 11 is 3.36. The van der Waals surface area contributed by atoms with Gasteiger partial charge in [-0.3, -0.25) is 4.79 Å². The van der Waals surface area contributed by atoms with Gasteiger partial charge in [0.25, 0.3) is 5.56 Å². The molecule has 2 heterocycles. The van der Waals surface area contributed by atoms with Crippen LogP contribution in [-0.4, -0.2) is 29.4 Å². The molecule has 5 nitrogen and oxygen atoms in total. The summed E-state index contributed by atoms with van der Waals surface area (Å²) in [6, 6.07) is 0.0712. The Morgan fingerprint density at radius 2 is 2.44 bits per heavy atom. The molecule has 1 fully saturated rings. The minimum Gasteiger partial charge on any atom is -0.382 e. The van der Waals surface area contributed by atoms with E-state index < -0.39 is 0 Å². The predicted octanol–water partition coefficient (Wildman–Crippen LogP) is 1.61. The van der Waals surface area contributed by atoms with Crippen LogP contribution in [0.2, 0.25) is 0 Å². The van der Waals surface area contributed by atoms with Gasteiger partial charge in [0.1, 0.15) is 4.47 Å². The van der Waals surface area contributed by atoms with Gasteiger partial charge in [-0.05, 0) is 55.2 Å². The molecule has 6 heteroatoms. The number of anilines is 1. The highest BCUT2D eigenvalue weighted by Crippen LogP contribution is 2.18. The van der Waals surface area contributed by atoms with Crippen LogP contribution in [0.15, 0.2) is 15.5 Å². The highest BCUT2D eigenvalue weighted by molar-refractivity contribution is 9.10. The highest BCUT2D eigenvalue weighted by atomic mass is 79.9. The molecule has 0 aliphatic carbocycles. The van der Waals surface area contributed by atoms with E-state index in [1.807, 2.05) is 13.8 Å². The van der Waals surface area contributed by atoms with Crippen LogP contribution in [0.5, 0.6) is 0 Å². The van der Waals surface area contributed by atoms with E-state index >= 15 is 0 Å². The van der Waals surface area contributed by atoms with Gasteiger partial charge >= 0.3 is 0 Å². The molecule has 1 unspecified atom stereocenters. The van der Waals surface area contributed by atoms with Crippen molar-refractivity contribution in [2.45, 2.75) is 26.3 Å². The van der Waals surface area contributed by atoms with Crippen LogP contribution in [0.25, 0.3) is 0 Å². The average molecular weight is 315 g/mol. The van der Waals surface area contributed by atoms with Crippen LogP contribution in [0.1, 0.15) is 26.3 Å². The molecular formula is C12H19BrN4O. The fourth-order valence-corrected chi connectivity index (χ4v) is 2.50. The zero-order valence-electron chi connectivity index (χ0n) is 10.7. The average Bonchev–Trinajstić information content (AvgIpc) is 2.83. The van der Waals surface area contributed by atoms with Gasteiger partial charge in [-0.15, -0.1) is 0 Å². The van der Waals surface area contributed by atoms with Crippen LogP contribution in [0, 0.1) is 5.92 Å². The second kappa shape index (κ2) is 5.84. The second-order valence-corrected chi connectivity index (χ2v) is 5.75. The molecule has 100 valence electrons. The molecule has 0 spiro atoms. The summed E-state index contributed by atoms with van der Waals surface area (Å²) in [6.07, 6.45) is 2.90. The zero-order chi connectivity index (χ0) is 13.1. The molecule has 1 aromatic rings. The van der Waals surface area contributed by atoms with E-state index in [1.54, 1.807) is 6.20 Å². The van der Waals surface area contributed by atoms with Gasteiger partial charge < -0.3 is 10.6 Å².